The summed E-state index contributed by atoms with van der Waals surface area (Å²) in [6.07, 6.45) is 0. The third-order valence-corrected chi connectivity index (χ3v) is 13.9. The quantitative estimate of drug-likeness (QED) is 0.160. The fourth-order valence-electron chi connectivity index (χ4n) is 10.8. The Kier molecular flexibility index (Phi) is 9.40. The topological polar surface area (TPSA) is 29.0 Å². The molecule has 0 saturated carbocycles. The molecule has 0 N–H and O–H groups in total. The number of nitrogens with zero attached hydrogens (tertiary/aromatic N) is 3. The molecule has 2 heterocycles. The van der Waals surface area contributed by atoms with Crippen molar-refractivity contribution in [1.82, 2.24) is 9.97 Å². The van der Waals surface area contributed by atoms with Gasteiger partial charge in [-0.25, -0.2) is 9.97 Å². The third-order valence-electron chi connectivity index (χ3n) is 13.9. The second-order valence-electron chi connectivity index (χ2n) is 17.7. The third kappa shape index (κ3) is 6.43. The van der Waals surface area contributed by atoms with Crippen LogP contribution in [0.15, 0.2) is 261 Å². The van der Waals surface area contributed by atoms with Crippen molar-refractivity contribution in [2.24, 2.45) is 0 Å². The average molecular weight is 866 g/mol. The summed E-state index contributed by atoms with van der Waals surface area (Å²) < 4.78 is 0. The first-order chi connectivity index (χ1) is 33.7. The fraction of sp³-hybridized carbons (Fsp3) is 0.0154. The number of fused-ring (bicyclic) bond motifs is 9. The van der Waals surface area contributed by atoms with Crippen molar-refractivity contribution in [3.8, 4) is 78.4 Å². The van der Waals surface area contributed by atoms with Gasteiger partial charge in [0.25, 0.3) is 0 Å². The normalized spacial score (nSPS) is 12.8. The maximum absolute atomic E-state index is 5.20. The molecule has 1 spiro atoms. The number of rotatable bonds is 7. The van der Waals surface area contributed by atoms with Crippen LogP contribution in [0.25, 0.3) is 78.4 Å². The van der Waals surface area contributed by atoms with E-state index in [1.807, 2.05) is 12.1 Å². The number of aromatic nitrogens is 2. The molecule has 0 unspecified atom stereocenters. The van der Waals surface area contributed by atoms with Crippen molar-refractivity contribution in [2.75, 3.05) is 4.90 Å². The molecule has 3 heteroatoms. The number of anilines is 3. The van der Waals surface area contributed by atoms with Crippen molar-refractivity contribution in [3.63, 3.8) is 0 Å². The highest BCUT2D eigenvalue weighted by atomic mass is 15.2. The van der Waals surface area contributed by atoms with Crippen LogP contribution >= 0.6 is 0 Å². The summed E-state index contributed by atoms with van der Waals surface area (Å²) >= 11 is 0. The van der Waals surface area contributed by atoms with Gasteiger partial charge in [-0.1, -0.05) is 218 Å². The van der Waals surface area contributed by atoms with Crippen molar-refractivity contribution in [3.05, 3.63) is 283 Å². The molecular formula is C65H43N3. The second kappa shape index (κ2) is 16.2. The first-order valence-corrected chi connectivity index (χ1v) is 23.3. The molecule has 0 amide bonds. The van der Waals surface area contributed by atoms with E-state index in [1.165, 1.54) is 61.4 Å². The lowest BCUT2D eigenvalue weighted by atomic mass is 9.64. The monoisotopic (exact) mass is 865 g/mol. The van der Waals surface area contributed by atoms with E-state index in [0.717, 1.165) is 50.5 Å². The Morgan fingerprint density at radius 2 is 0.691 bits per heavy atom. The molecule has 0 bridgehead atoms. The van der Waals surface area contributed by atoms with Gasteiger partial charge < -0.3 is 4.90 Å². The molecule has 1 aliphatic carbocycles. The summed E-state index contributed by atoms with van der Waals surface area (Å²) in [4.78, 5) is 12.7. The predicted molar refractivity (Wildman–Crippen MR) is 280 cm³/mol. The van der Waals surface area contributed by atoms with Crippen molar-refractivity contribution >= 4 is 17.1 Å². The minimum Gasteiger partial charge on any atom is -0.310 e. The van der Waals surface area contributed by atoms with Gasteiger partial charge in [-0.05, 0) is 109 Å². The van der Waals surface area contributed by atoms with E-state index in [1.54, 1.807) is 0 Å². The molecule has 0 fully saturated rings. The van der Waals surface area contributed by atoms with Gasteiger partial charge >= 0.3 is 0 Å². The lowest BCUT2D eigenvalue weighted by Crippen LogP contribution is -2.36. The molecule has 3 nitrogen and oxygen atoms in total. The molecule has 68 heavy (non-hydrogen) atoms. The summed E-state index contributed by atoms with van der Waals surface area (Å²) in [6.45, 7) is 0. The largest absolute Gasteiger partial charge is 0.310 e. The van der Waals surface area contributed by atoms with Crippen LogP contribution in [0.3, 0.4) is 0 Å². The minimum absolute atomic E-state index is 0.506. The molecule has 318 valence electrons. The first-order valence-electron chi connectivity index (χ1n) is 23.3. The van der Waals surface area contributed by atoms with Crippen LogP contribution in [0, 0.1) is 0 Å². The van der Waals surface area contributed by atoms with E-state index in [9.17, 15) is 0 Å². The molecule has 1 aliphatic heterocycles. The molecule has 0 saturated heterocycles. The van der Waals surface area contributed by atoms with Crippen LogP contribution in [0.2, 0.25) is 0 Å². The van der Waals surface area contributed by atoms with Crippen LogP contribution in [0.1, 0.15) is 22.3 Å². The first kappa shape index (κ1) is 39.4. The van der Waals surface area contributed by atoms with Crippen molar-refractivity contribution in [1.29, 1.82) is 0 Å². The molecule has 1 aromatic heterocycles. The van der Waals surface area contributed by atoms with Crippen LogP contribution in [-0.2, 0) is 5.41 Å². The maximum Gasteiger partial charge on any atom is 0.160 e. The summed E-state index contributed by atoms with van der Waals surface area (Å²) in [7, 11) is 0. The molecule has 10 aromatic carbocycles. The molecule has 13 rings (SSSR count). The van der Waals surface area contributed by atoms with Gasteiger partial charge in [0.1, 0.15) is 0 Å². The minimum atomic E-state index is -0.506. The van der Waals surface area contributed by atoms with E-state index in [4.69, 9.17) is 9.97 Å². The Morgan fingerprint density at radius 1 is 0.265 bits per heavy atom. The van der Waals surface area contributed by atoms with E-state index in [2.05, 4.69) is 254 Å². The number of para-hydroxylation sites is 3. The summed E-state index contributed by atoms with van der Waals surface area (Å²) in [5.41, 5.74) is 22.6. The van der Waals surface area contributed by atoms with Crippen LogP contribution in [0.5, 0.6) is 0 Å². The average Bonchev–Trinajstić information content (AvgIpc) is 3.71. The van der Waals surface area contributed by atoms with Gasteiger partial charge in [0.05, 0.1) is 28.2 Å². The zero-order chi connectivity index (χ0) is 45.0. The molecule has 0 atom stereocenters. The SMILES string of the molecule is c1ccc(-c2ccc(-c3nc(-c4ccccc4)cc(-c4cccc(-c5ccc(-c6ccc7c(c6)C6(c8ccccc8-7)c7ccccc7N(c7ccccc7)c7ccccc76)cc5)c4)n3)cc2)cc1. The van der Waals surface area contributed by atoms with E-state index in [-0.39, 0.29) is 0 Å². The van der Waals surface area contributed by atoms with Crippen molar-refractivity contribution < 1.29 is 0 Å². The van der Waals surface area contributed by atoms with Gasteiger partial charge in [0, 0.05) is 22.4 Å². The highest BCUT2D eigenvalue weighted by Gasteiger charge is 2.51. The summed E-state index contributed by atoms with van der Waals surface area (Å²) in [5, 5.41) is 0. The highest BCUT2D eigenvalue weighted by Crippen LogP contribution is 2.63. The summed E-state index contributed by atoms with van der Waals surface area (Å²) in [5.74, 6) is 0.698. The van der Waals surface area contributed by atoms with Crippen LogP contribution < -0.4 is 4.90 Å². The molecule has 2 aliphatic rings. The van der Waals surface area contributed by atoms with E-state index >= 15 is 0 Å². The highest BCUT2D eigenvalue weighted by molar-refractivity contribution is 5.96. The molecular weight excluding hydrogens is 823 g/mol. The molecule has 0 radical (unpaired) electrons. The number of benzene rings is 10. The maximum atomic E-state index is 5.20. The number of hydrogen-bond acceptors (Lipinski definition) is 3. The fourth-order valence-corrected chi connectivity index (χ4v) is 10.8. The lowest BCUT2D eigenvalue weighted by molar-refractivity contribution is 0.753. The van der Waals surface area contributed by atoms with Crippen LogP contribution in [-0.4, -0.2) is 9.97 Å². The lowest BCUT2D eigenvalue weighted by Gasteiger charge is -2.45. The predicted octanol–water partition coefficient (Wildman–Crippen LogP) is 16.6. The Labute approximate surface area is 397 Å². The molecule has 11 aromatic rings. The number of hydrogen-bond donors (Lipinski definition) is 0. The zero-order valence-corrected chi connectivity index (χ0v) is 37.2. The summed E-state index contributed by atoms with van der Waals surface area (Å²) in [6, 6.07) is 94.2. The van der Waals surface area contributed by atoms with E-state index in [0.29, 0.717) is 5.82 Å². The Hall–Kier alpha value is -8.92. The van der Waals surface area contributed by atoms with Crippen molar-refractivity contribution in [2.45, 2.75) is 5.41 Å². The Morgan fingerprint density at radius 3 is 1.34 bits per heavy atom. The van der Waals surface area contributed by atoms with Gasteiger partial charge in [-0.2, -0.15) is 0 Å². The second-order valence-corrected chi connectivity index (χ2v) is 17.7. The Balaban J connectivity index is 0.877. The standard InChI is InChI=1S/C65H43N3/c1-4-17-44(18-5-1)45-35-37-49(38-36-45)64-66-60(48-19-6-2-7-20-48)43-61(67-64)52-22-16-21-50(41-52)46-31-33-47(34-32-46)51-39-40-55-54-25-10-11-26-56(54)65(59(55)42-51)57-27-12-14-29-62(57)68(53-23-8-3-9-24-53)63-30-15-13-28-58(63)65/h1-43H. The zero-order valence-electron chi connectivity index (χ0n) is 37.2. The van der Waals surface area contributed by atoms with Gasteiger partial charge in [0.2, 0.25) is 0 Å². The van der Waals surface area contributed by atoms with E-state index < -0.39 is 5.41 Å². The van der Waals surface area contributed by atoms with Gasteiger partial charge in [0.15, 0.2) is 5.82 Å². The smallest absolute Gasteiger partial charge is 0.160 e. The van der Waals surface area contributed by atoms with Gasteiger partial charge in [-0.3, -0.25) is 0 Å². The van der Waals surface area contributed by atoms with Gasteiger partial charge in [-0.15, -0.1) is 0 Å². The van der Waals surface area contributed by atoms with Crippen LogP contribution in [0.4, 0.5) is 17.1 Å². The Bertz CT molecular complexity index is 3610.